The number of hydrogen-bond donors (Lipinski definition) is 1. The van der Waals surface area contributed by atoms with Crippen molar-refractivity contribution in [1.82, 2.24) is 0 Å². The van der Waals surface area contributed by atoms with Crippen LogP contribution in [0.5, 0.6) is 0 Å². The van der Waals surface area contributed by atoms with Crippen molar-refractivity contribution in [2.45, 2.75) is 117 Å². The monoisotopic (exact) mass is 432 g/mol. The Labute approximate surface area is 162 Å². The first-order valence-electron chi connectivity index (χ1n) is 9.86. The molecule has 23 heavy (non-hydrogen) atoms. The summed E-state index contributed by atoms with van der Waals surface area (Å²) in [5.41, 5.74) is -0.436. The number of unbranched alkanes of at least 4 members (excludes halogenated alkanes) is 9. The Bertz CT molecular complexity index is 258. The van der Waals surface area contributed by atoms with Crippen LogP contribution in [0.15, 0.2) is 0 Å². The fraction of sp³-hybridized carbons (Fsp3) is 0.950. The summed E-state index contributed by atoms with van der Waals surface area (Å²) < 4.78 is 0. The fourth-order valence-electron chi connectivity index (χ4n) is 3.32. The SMILES string of the molecule is CCCCCCCCCCC(CCCC)(CCCC)C(=O)O.[Sn]. The van der Waals surface area contributed by atoms with Gasteiger partial charge in [-0.3, -0.25) is 4.79 Å². The predicted octanol–water partition coefficient (Wildman–Crippen LogP) is 6.59. The molecule has 0 aromatic rings. The quantitative estimate of drug-likeness (QED) is 0.221. The largest absolute Gasteiger partial charge is 0.481 e. The predicted molar refractivity (Wildman–Crippen MR) is 102 cm³/mol. The molecule has 0 atom stereocenters. The van der Waals surface area contributed by atoms with E-state index in [2.05, 4.69) is 20.8 Å². The molecule has 2 nitrogen and oxygen atoms in total. The minimum Gasteiger partial charge on any atom is -0.481 e. The van der Waals surface area contributed by atoms with Gasteiger partial charge in [-0.25, -0.2) is 0 Å². The van der Waals surface area contributed by atoms with E-state index in [1.165, 1.54) is 44.9 Å². The molecule has 0 saturated carbocycles. The van der Waals surface area contributed by atoms with Crippen LogP contribution in [0.25, 0.3) is 0 Å². The van der Waals surface area contributed by atoms with E-state index in [0.717, 1.165) is 51.4 Å². The van der Waals surface area contributed by atoms with Gasteiger partial charge in [0.1, 0.15) is 0 Å². The van der Waals surface area contributed by atoms with Gasteiger partial charge in [-0.05, 0) is 19.3 Å². The van der Waals surface area contributed by atoms with Crippen molar-refractivity contribution >= 4 is 29.9 Å². The van der Waals surface area contributed by atoms with Crippen molar-refractivity contribution in [3.05, 3.63) is 0 Å². The van der Waals surface area contributed by atoms with Crippen LogP contribution < -0.4 is 0 Å². The molecule has 0 bridgehead atoms. The van der Waals surface area contributed by atoms with Crippen molar-refractivity contribution in [3.8, 4) is 0 Å². The maximum Gasteiger partial charge on any atom is 0.309 e. The summed E-state index contributed by atoms with van der Waals surface area (Å²) in [6.07, 6.45) is 17.2. The molecule has 0 unspecified atom stereocenters. The normalized spacial score (nSPS) is 11.3. The average Bonchev–Trinajstić information content (AvgIpc) is 2.51. The van der Waals surface area contributed by atoms with Crippen LogP contribution in [0, 0.1) is 5.41 Å². The Morgan fingerprint density at radius 3 is 1.39 bits per heavy atom. The fourth-order valence-corrected chi connectivity index (χ4v) is 3.32. The van der Waals surface area contributed by atoms with Crippen LogP contribution in [0.4, 0.5) is 0 Å². The van der Waals surface area contributed by atoms with Gasteiger partial charge in [0.25, 0.3) is 0 Å². The van der Waals surface area contributed by atoms with Gasteiger partial charge in [0.2, 0.25) is 0 Å². The second-order valence-electron chi connectivity index (χ2n) is 7.02. The number of carbonyl (C=O) groups is 1. The maximum absolute atomic E-state index is 11.9. The molecule has 0 aliphatic carbocycles. The second kappa shape index (κ2) is 17.1. The Kier molecular flexibility index (Phi) is 19.0. The molecule has 3 heteroatoms. The first-order chi connectivity index (χ1) is 10.6. The standard InChI is InChI=1S/C20H40O2.Sn/c1-4-7-10-11-12-13-14-15-18-20(19(21)22,16-8-5-2)17-9-6-3;/h4-18H2,1-3H3,(H,21,22);. The molecule has 0 aromatic heterocycles. The zero-order chi connectivity index (χ0) is 16.7. The van der Waals surface area contributed by atoms with E-state index in [1.807, 2.05) is 0 Å². The zero-order valence-electron chi connectivity index (χ0n) is 16.0. The molecule has 0 rings (SSSR count). The Morgan fingerprint density at radius 1 is 0.652 bits per heavy atom. The van der Waals surface area contributed by atoms with Gasteiger partial charge >= 0.3 is 5.97 Å². The molecule has 0 fully saturated rings. The first kappa shape index (κ1) is 25.5. The summed E-state index contributed by atoms with van der Waals surface area (Å²) in [7, 11) is 0. The van der Waals surface area contributed by atoms with Crippen LogP contribution in [0.3, 0.4) is 0 Å². The molecule has 0 aliphatic heterocycles. The van der Waals surface area contributed by atoms with E-state index in [9.17, 15) is 9.90 Å². The topological polar surface area (TPSA) is 37.3 Å². The molecular formula is C20H40O2Sn. The van der Waals surface area contributed by atoms with Crippen molar-refractivity contribution < 1.29 is 9.90 Å². The summed E-state index contributed by atoms with van der Waals surface area (Å²) >= 11 is 0. The molecule has 0 amide bonds. The number of aliphatic carboxylic acids is 1. The number of hydrogen-bond acceptors (Lipinski definition) is 1. The van der Waals surface area contributed by atoms with Gasteiger partial charge in [0, 0.05) is 23.9 Å². The summed E-state index contributed by atoms with van der Waals surface area (Å²) in [5.74, 6) is -0.544. The Hall–Kier alpha value is 0.269. The Balaban J connectivity index is 0. The van der Waals surface area contributed by atoms with Gasteiger partial charge in [-0.1, -0.05) is 97.8 Å². The van der Waals surface area contributed by atoms with Crippen LogP contribution in [-0.2, 0) is 4.79 Å². The molecular weight excluding hydrogens is 391 g/mol. The summed E-state index contributed by atoms with van der Waals surface area (Å²) in [5, 5.41) is 9.78. The van der Waals surface area contributed by atoms with Crippen molar-refractivity contribution in [1.29, 1.82) is 0 Å². The van der Waals surface area contributed by atoms with E-state index in [4.69, 9.17) is 0 Å². The molecule has 0 aromatic carbocycles. The summed E-state index contributed by atoms with van der Waals surface area (Å²) in [6, 6.07) is 0. The van der Waals surface area contributed by atoms with Crippen LogP contribution in [0.2, 0.25) is 0 Å². The van der Waals surface area contributed by atoms with E-state index in [1.54, 1.807) is 0 Å². The van der Waals surface area contributed by atoms with E-state index in [-0.39, 0.29) is 23.9 Å². The zero-order valence-corrected chi connectivity index (χ0v) is 18.8. The molecule has 0 aliphatic rings. The van der Waals surface area contributed by atoms with Crippen LogP contribution in [-0.4, -0.2) is 35.0 Å². The summed E-state index contributed by atoms with van der Waals surface area (Å²) in [4.78, 5) is 11.9. The molecule has 136 valence electrons. The number of carboxylic acid groups (broad SMARTS) is 1. The van der Waals surface area contributed by atoms with Crippen molar-refractivity contribution in [2.24, 2.45) is 5.41 Å². The summed E-state index contributed by atoms with van der Waals surface area (Å²) in [6.45, 7) is 6.56. The smallest absolute Gasteiger partial charge is 0.309 e. The van der Waals surface area contributed by atoms with E-state index >= 15 is 0 Å². The average molecular weight is 431 g/mol. The molecule has 4 radical (unpaired) electrons. The van der Waals surface area contributed by atoms with E-state index < -0.39 is 11.4 Å². The van der Waals surface area contributed by atoms with Crippen LogP contribution >= 0.6 is 0 Å². The van der Waals surface area contributed by atoms with Crippen LogP contribution in [0.1, 0.15) is 117 Å². The third-order valence-electron chi connectivity index (χ3n) is 4.98. The van der Waals surface area contributed by atoms with Crippen molar-refractivity contribution in [2.75, 3.05) is 0 Å². The third kappa shape index (κ3) is 12.3. The maximum atomic E-state index is 11.9. The minimum atomic E-state index is -0.544. The van der Waals surface area contributed by atoms with Gasteiger partial charge in [0.05, 0.1) is 5.41 Å². The second-order valence-corrected chi connectivity index (χ2v) is 7.02. The third-order valence-corrected chi connectivity index (χ3v) is 4.98. The van der Waals surface area contributed by atoms with Gasteiger partial charge in [-0.15, -0.1) is 0 Å². The molecule has 0 heterocycles. The molecule has 1 N–H and O–H groups in total. The number of rotatable bonds is 16. The molecule has 0 spiro atoms. The first-order valence-corrected chi connectivity index (χ1v) is 9.86. The molecule has 0 saturated heterocycles. The van der Waals surface area contributed by atoms with Crippen molar-refractivity contribution in [3.63, 3.8) is 0 Å². The minimum absolute atomic E-state index is 0. The van der Waals surface area contributed by atoms with Gasteiger partial charge in [-0.2, -0.15) is 0 Å². The Morgan fingerprint density at radius 2 is 1.00 bits per heavy atom. The van der Waals surface area contributed by atoms with Gasteiger partial charge in [0.15, 0.2) is 0 Å². The number of carboxylic acids is 1. The van der Waals surface area contributed by atoms with E-state index in [0.29, 0.717) is 0 Å². The van der Waals surface area contributed by atoms with Gasteiger partial charge < -0.3 is 5.11 Å².